The quantitative estimate of drug-likeness (QED) is 0.375. The summed E-state index contributed by atoms with van der Waals surface area (Å²) < 4.78 is 13.7. The summed E-state index contributed by atoms with van der Waals surface area (Å²) in [5.74, 6) is -4.33. The molecular weight excluding hydrogens is 292 g/mol. The second-order valence-corrected chi connectivity index (χ2v) is 4.12. The minimum atomic E-state index is -1.79. The molecular formula is C11H16O8S. The molecule has 8 nitrogen and oxygen atoms in total. The first-order valence-corrected chi connectivity index (χ1v) is 6.27. The van der Waals surface area contributed by atoms with Crippen molar-refractivity contribution < 1.29 is 38.5 Å². The minimum absolute atomic E-state index is 0.00449. The number of carboxylic acid groups (broad SMARTS) is 1. The normalized spacial score (nSPS) is 11.6. The second-order valence-electron chi connectivity index (χ2n) is 3.76. The molecule has 1 unspecified atom stereocenters. The van der Waals surface area contributed by atoms with E-state index in [-0.39, 0.29) is 18.6 Å². The van der Waals surface area contributed by atoms with E-state index in [2.05, 4.69) is 22.1 Å². The van der Waals surface area contributed by atoms with Crippen molar-refractivity contribution in [1.29, 1.82) is 0 Å². The van der Waals surface area contributed by atoms with Crippen LogP contribution in [0.15, 0.2) is 0 Å². The first-order chi connectivity index (χ1) is 9.26. The van der Waals surface area contributed by atoms with Crippen LogP contribution in [0.2, 0.25) is 0 Å². The summed E-state index contributed by atoms with van der Waals surface area (Å²) in [7, 11) is 0. The molecule has 0 radical (unpaired) electrons. The van der Waals surface area contributed by atoms with Crippen LogP contribution in [0.3, 0.4) is 0 Å². The van der Waals surface area contributed by atoms with Gasteiger partial charge in [0.2, 0.25) is 0 Å². The highest BCUT2D eigenvalue weighted by molar-refractivity contribution is 7.80. The molecule has 0 saturated carbocycles. The minimum Gasteiger partial charge on any atom is -0.481 e. The number of ether oxygens (including phenoxy) is 3. The summed E-state index contributed by atoms with van der Waals surface area (Å²) in [6.07, 6.45) is -0.239. The van der Waals surface area contributed by atoms with Crippen LogP contribution >= 0.6 is 12.6 Å². The number of carbonyl (C=O) groups excluding carboxylic acids is 3. The van der Waals surface area contributed by atoms with Gasteiger partial charge in [-0.05, 0) is 6.42 Å². The van der Waals surface area contributed by atoms with Gasteiger partial charge in [0.1, 0.15) is 0 Å². The van der Waals surface area contributed by atoms with Gasteiger partial charge in [-0.25, -0.2) is 0 Å². The molecule has 0 aliphatic heterocycles. The third kappa shape index (κ3) is 8.35. The van der Waals surface area contributed by atoms with Crippen molar-refractivity contribution in [1.82, 2.24) is 0 Å². The zero-order valence-electron chi connectivity index (χ0n) is 11.0. The van der Waals surface area contributed by atoms with E-state index in [9.17, 15) is 19.2 Å². The first-order valence-electron chi connectivity index (χ1n) is 5.63. The Bertz CT molecular complexity index is 365. The number of hydrogen-bond donors (Lipinski definition) is 2. The summed E-state index contributed by atoms with van der Waals surface area (Å²) in [5, 5.41) is 8.54. The zero-order chi connectivity index (χ0) is 15.7. The van der Waals surface area contributed by atoms with E-state index in [1.165, 1.54) is 0 Å². The van der Waals surface area contributed by atoms with Gasteiger partial charge in [0, 0.05) is 26.0 Å². The van der Waals surface area contributed by atoms with Crippen LogP contribution < -0.4 is 0 Å². The van der Waals surface area contributed by atoms with Gasteiger partial charge in [-0.15, -0.1) is 0 Å². The summed E-state index contributed by atoms with van der Waals surface area (Å²) in [4.78, 5) is 43.7. The Morgan fingerprint density at radius 2 is 1.55 bits per heavy atom. The van der Waals surface area contributed by atoms with E-state index in [4.69, 9.17) is 9.84 Å². The third-order valence-electron chi connectivity index (χ3n) is 2.00. The van der Waals surface area contributed by atoms with Crippen LogP contribution in [0.25, 0.3) is 0 Å². The van der Waals surface area contributed by atoms with Gasteiger partial charge >= 0.3 is 30.4 Å². The van der Waals surface area contributed by atoms with Gasteiger partial charge in [-0.1, -0.05) is 0 Å². The van der Waals surface area contributed by atoms with E-state index in [0.717, 1.165) is 13.8 Å². The van der Waals surface area contributed by atoms with Gasteiger partial charge in [0.25, 0.3) is 0 Å². The molecule has 0 fully saturated rings. The summed E-state index contributed by atoms with van der Waals surface area (Å²) in [5.41, 5.74) is 0. The maximum atomic E-state index is 11.7. The van der Waals surface area contributed by atoms with Crippen LogP contribution in [-0.4, -0.2) is 41.2 Å². The fourth-order valence-electron chi connectivity index (χ4n) is 1.12. The molecule has 0 aromatic heterocycles. The predicted molar refractivity (Wildman–Crippen MR) is 67.6 cm³/mol. The molecule has 1 atom stereocenters. The zero-order valence-corrected chi connectivity index (χ0v) is 11.9. The van der Waals surface area contributed by atoms with Crippen LogP contribution in [0, 0.1) is 5.92 Å². The number of aliphatic carboxylic acids is 1. The Morgan fingerprint density at radius 3 is 1.90 bits per heavy atom. The lowest BCUT2D eigenvalue weighted by atomic mass is 10.1. The third-order valence-corrected chi connectivity index (χ3v) is 2.44. The van der Waals surface area contributed by atoms with Crippen LogP contribution in [0.4, 0.5) is 0 Å². The van der Waals surface area contributed by atoms with Gasteiger partial charge in [-0.3, -0.25) is 19.2 Å². The number of hydrogen-bond acceptors (Lipinski definition) is 8. The fraction of sp³-hybridized carbons (Fsp3) is 0.636. The van der Waals surface area contributed by atoms with Crippen molar-refractivity contribution >= 4 is 36.5 Å². The first kappa shape index (κ1) is 18.2. The molecule has 0 aliphatic carbocycles. The summed E-state index contributed by atoms with van der Waals surface area (Å²) in [6.45, 7) is 0.306. The molecule has 0 spiro atoms. The smallest absolute Gasteiger partial charge is 0.412 e. The molecule has 114 valence electrons. The van der Waals surface area contributed by atoms with E-state index in [0.29, 0.717) is 0 Å². The van der Waals surface area contributed by atoms with Crippen molar-refractivity contribution in [2.24, 2.45) is 5.92 Å². The summed E-state index contributed by atoms with van der Waals surface area (Å²) in [6, 6.07) is 0. The van der Waals surface area contributed by atoms with E-state index < -0.39 is 36.3 Å². The summed E-state index contributed by atoms with van der Waals surface area (Å²) >= 11 is 3.91. The highest BCUT2D eigenvalue weighted by Gasteiger charge is 2.26. The molecule has 0 bridgehead atoms. The highest BCUT2D eigenvalue weighted by Crippen LogP contribution is 2.13. The van der Waals surface area contributed by atoms with Gasteiger partial charge in [-0.2, -0.15) is 12.6 Å². The van der Waals surface area contributed by atoms with Crippen molar-refractivity contribution in [3.63, 3.8) is 0 Å². The SMILES string of the molecule is CC(=O)OC(OC(C)=O)OC(=O)C(CS)CCC(=O)O. The lowest BCUT2D eigenvalue weighted by Gasteiger charge is -2.19. The highest BCUT2D eigenvalue weighted by atomic mass is 32.1. The largest absolute Gasteiger partial charge is 0.481 e. The second kappa shape index (κ2) is 9.18. The van der Waals surface area contributed by atoms with Crippen LogP contribution in [-0.2, 0) is 33.4 Å². The molecule has 0 heterocycles. The molecule has 20 heavy (non-hydrogen) atoms. The van der Waals surface area contributed by atoms with E-state index >= 15 is 0 Å². The Hall–Kier alpha value is -1.77. The molecule has 0 saturated heterocycles. The monoisotopic (exact) mass is 308 g/mol. The maximum Gasteiger partial charge on any atom is 0.412 e. The van der Waals surface area contributed by atoms with Crippen molar-refractivity contribution in [3.05, 3.63) is 0 Å². The predicted octanol–water partition coefficient (Wildman–Crippen LogP) is 0.350. The van der Waals surface area contributed by atoms with Gasteiger partial charge in [0.15, 0.2) is 0 Å². The average molecular weight is 308 g/mol. The fourth-order valence-corrected chi connectivity index (χ4v) is 1.45. The van der Waals surface area contributed by atoms with Crippen LogP contribution in [0.5, 0.6) is 0 Å². The number of thiol groups is 1. The molecule has 9 heteroatoms. The Morgan fingerprint density at radius 1 is 1.05 bits per heavy atom. The molecule has 0 aromatic carbocycles. The number of rotatable bonds is 8. The van der Waals surface area contributed by atoms with Gasteiger partial charge in [0.05, 0.1) is 5.92 Å². The Balaban J connectivity index is 4.56. The molecule has 1 N–H and O–H groups in total. The van der Waals surface area contributed by atoms with Crippen molar-refractivity contribution in [3.8, 4) is 0 Å². The average Bonchev–Trinajstić information content (AvgIpc) is 2.27. The molecule has 0 rings (SSSR count). The lowest BCUT2D eigenvalue weighted by molar-refractivity contribution is -0.257. The topological polar surface area (TPSA) is 116 Å². The maximum absolute atomic E-state index is 11.7. The van der Waals surface area contributed by atoms with Crippen LogP contribution in [0.1, 0.15) is 26.7 Å². The molecule has 0 amide bonds. The Labute approximate surface area is 120 Å². The van der Waals surface area contributed by atoms with E-state index in [1.807, 2.05) is 0 Å². The molecule has 0 aliphatic rings. The molecule has 0 aromatic rings. The number of carboxylic acids is 1. The standard InChI is InChI=1S/C11H16O8S/c1-6(12)17-11(18-7(2)13)19-10(16)8(5-20)3-4-9(14)15/h8,11,20H,3-5H2,1-2H3,(H,14,15). The lowest BCUT2D eigenvalue weighted by Crippen LogP contribution is -2.32. The van der Waals surface area contributed by atoms with Gasteiger partial charge < -0.3 is 19.3 Å². The number of carbonyl (C=O) groups is 4. The van der Waals surface area contributed by atoms with Crippen molar-refractivity contribution in [2.45, 2.75) is 33.2 Å². The Kier molecular flexibility index (Phi) is 8.37. The van der Waals surface area contributed by atoms with Crippen molar-refractivity contribution in [2.75, 3.05) is 5.75 Å². The number of esters is 3. The van der Waals surface area contributed by atoms with E-state index in [1.54, 1.807) is 0 Å².